The lowest BCUT2D eigenvalue weighted by Gasteiger charge is -2.37. The number of nitrogens with one attached hydrogen (secondary N) is 1. The van der Waals surface area contributed by atoms with Gasteiger partial charge in [-0.25, -0.2) is 0 Å². The summed E-state index contributed by atoms with van der Waals surface area (Å²) in [5, 5.41) is 3.81. The second kappa shape index (κ2) is 8.43. The molecule has 1 heterocycles. The Bertz CT molecular complexity index is 1110. The van der Waals surface area contributed by atoms with Gasteiger partial charge in [0.15, 0.2) is 0 Å². The number of aryl methyl sites for hydroxylation is 1. The topological polar surface area (TPSA) is 33.6 Å². The molecule has 1 aliphatic heterocycles. The van der Waals surface area contributed by atoms with Crippen LogP contribution in [0, 0.1) is 12.8 Å². The predicted octanol–water partition coefficient (Wildman–Crippen LogP) is 6.97. The molecule has 0 bridgehead atoms. The van der Waals surface area contributed by atoms with Gasteiger partial charge in [0.1, 0.15) is 5.75 Å². The average molecular weight is 409 g/mol. The number of benzene rings is 3. The quantitative estimate of drug-likeness (QED) is 0.365. The number of anilines is 1. The molecule has 3 nitrogen and oxygen atoms in total. The van der Waals surface area contributed by atoms with Crippen molar-refractivity contribution in [2.75, 3.05) is 11.9 Å². The van der Waals surface area contributed by atoms with Gasteiger partial charge in [0.05, 0.1) is 18.3 Å². The highest BCUT2D eigenvalue weighted by Crippen LogP contribution is 2.50. The zero-order valence-corrected chi connectivity index (χ0v) is 18.1. The van der Waals surface area contributed by atoms with Crippen LogP contribution in [0.2, 0.25) is 0 Å². The van der Waals surface area contributed by atoms with Crippen LogP contribution in [0.5, 0.6) is 5.75 Å². The normalized spacial score (nSPS) is 21.5. The van der Waals surface area contributed by atoms with Gasteiger partial charge in [-0.2, -0.15) is 0 Å². The first-order chi connectivity index (χ1) is 15.2. The summed E-state index contributed by atoms with van der Waals surface area (Å²) in [5.41, 5.74) is 7.38. The molecule has 0 fully saturated rings. The van der Waals surface area contributed by atoms with E-state index < -0.39 is 0 Å². The van der Waals surface area contributed by atoms with Crippen molar-refractivity contribution in [3.8, 4) is 5.75 Å². The molecule has 5 rings (SSSR count). The number of hydrogen-bond donors (Lipinski definition) is 1. The minimum absolute atomic E-state index is 0.319. The maximum absolute atomic E-state index is 5.50. The minimum atomic E-state index is 0.319. The van der Waals surface area contributed by atoms with Crippen LogP contribution in [-0.4, -0.2) is 12.8 Å². The summed E-state index contributed by atoms with van der Waals surface area (Å²) < 4.78 is 5.50. The van der Waals surface area contributed by atoms with Gasteiger partial charge in [-0.1, -0.05) is 42.0 Å². The molecule has 2 aliphatic rings. The van der Waals surface area contributed by atoms with Crippen LogP contribution in [0.3, 0.4) is 0 Å². The first-order valence-corrected chi connectivity index (χ1v) is 11.1. The Morgan fingerprint density at radius 2 is 1.84 bits per heavy atom. The fraction of sp³-hybridized carbons (Fsp3) is 0.250. The zero-order chi connectivity index (χ0) is 21.2. The van der Waals surface area contributed by atoms with Crippen molar-refractivity contribution in [3.05, 3.63) is 101 Å². The van der Waals surface area contributed by atoms with E-state index in [4.69, 9.17) is 4.74 Å². The van der Waals surface area contributed by atoms with Crippen molar-refractivity contribution in [2.45, 2.75) is 32.2 Å². The van der Waals surface area contributed by atoms with E-state index in [9.17, 15) is 0 Å². The van der Waals surface area contributed by atoms with Gasteiger partial charge in [0.2, 0.25) is 0 Å². The lowest BCUT2D eigenvalue weighted by molar-refractivity contribution is 0.340. The predicted molar refractivity (Wildman–Crippen MR) is 129 cm³/mol. The molecule has 0 radical (unpaired) electrons. The van der Waals surface area contributed by atoms with E-state index in [1.807, 2.05) is 37.4 Å². The van der Waals surface area contributed by atoms with Gasteiger partial charge in [-0.3, -0.25) is 4.99 Å². The molecule has 0 amide bonds. The summed E-state index contributed by atoms with van der Waals surface area (Å²) in [7, 11) is 0. The number of allylic oxidation sites excluding steroid dienone is 2. The van der Waals surface area contributed by atoms with Gasteiger partial charge in [-0.15, -0.1) is 0 Å². The highest BCUT2D eigenvalue weighted by molar-refractivity contribution is 5.82. The zero-order valence-electron chi connectivity index (χ0n) is 18.1. The number of rotatable bonds is 5. The van der Waals surface area contributed by atoms with Crippen molar-refractivity contribution in [3.63, 3.8) is 0 Å². The molecule has 3 aromatic rings. The fourth-order valence-corrected chi connectivity index (χ4v) is 4.78. The van der Waals surface area contributed by atoms with Gasteiger partial charge >= 0.3 is 0 Å². The molecule has 156 valence electrons. The Labute approximate surface area is 184 Å². The Kier molecular flexibility index (Phi) is 5.33. The van der Waals surface area contributed by atoms with E-state index in [2.05, 4.69) is 71.8 Å². The van der Waals surface area contributed by atoms with Crippen molar-refractivity contribution in [1.82, 2.24) is 0 Å². The SMILES string of the molecule is CCOc1ccc(C=Nc2ccc([C@@H]3Nc4ccc(C)cc4[C@H]4C=CC[C@H]43)cc2)cc1. The largest absolute Gasteiger partial charge is 0.494 e. The van der Waals surface area contributed by atoms with E-state index >= 15 is 0 Å². The Balaban J connectivity index is 1.33. The molecule has 3 atom stereocenters. The molecule has 31 heavy (non-hydrogen) atoms. The van der Waals surface area contributed by atoms with Crippen LogP contribution in [0.15, 0.2) is 83.9 Å². The third-order valence-corrected chi connectivity index (χ3v) is 6.32. The van der Waals surface area contributed by atoms with E-state index in [0.29, 0.717) is 24.5 Å². The summed E-state index contributed by atoms with van der Waals surface area (Å²) in [6, 6.07) is 23.8. The third kappa shape index (κ3) is 4.00. The molecule has 0 unspecified atom stereocenters. The van der Waals surface area contributed by atoms with Crippen molar-refractivity contribution < 1.29 is 4.74 Å². The van der Waals surface area contributed by atoms with Crippen molar-refractivity contribution >= 4 is 17.6 Å². The number of fused-ring (bicyclic) bond motifs is 3. The lowest BCUT2D eigenvalue weighted by atomic mass is 9.76. The van der Waals surface area contributed by atoms with Crippen LogP contribution in [0.1, 0.15) is 47.6 Å². The summed E-state index contributed by atoms with van der Waals surface area (Å²) >= 11 is 0. The van der Waals surface area contributed by atoms with E-state index in [1.54, 1.807) is 0 Å². The lowest BCUT2D eigenvalue weighted by Crippen LogP contribution is -2.29. The maximum atomic E-state index is 5.50. The number of aliphatic imine (C=N–C) groups is 1. The molecule has 1 aliphatic carbocycles. The van der Waals surface area contributed by atoms with E-state index in [0.717, 1.165) is 23.4 Å². The van der Waals surface area contributed by atoms with Crippen LogP contribution in [0.4, 0.5) is 11.4 Å². The highest BCUT2D eigenvalue weighted by Gasteiger charge is 2.37. The molecular weight excluding hydrogens is 380 g/mol. The standard InChI is InChI=1S/C28H28N2O/c1-3-31-23-14-8-20(9-15-23)18-29-22-12-10-21(11-13-22)28-25-6-4-5-24(25)26-17-19(2)7-16-27(26)30-28/h4-5,7-18,24-25,28,30H,3,6H2,1-2H3/t24-,25+,28-/m0/s1. The van der Waals surface area contributed by atoms with Crippen molar-refractivity contribution in [1.29, 1.82) is 0 Å². The molecule has 3 aromatic carbocycles. The number of ether oxygens (including phenoxy) is 1. The fourth-order valence-electron chi connectivity index (χ4n) is 4.78. The Morgan fingerprint density at radius 1 is 1.03 bits per heavy atom. The maximum Gasteiger partial charge on any atom is 0.119 e. The van der Waals surface area contributed by atoms with E-state index in [-0.39, 0.29) is 0 Å². The van der Waals surface area contributed by atoms with Gasteiger partial charge in [0.25, 0.3) is 0 Å². The van der Waals surface area contributed by atoms with Crippen LogP contribution >= 0.6 is 0 Å². The van der Waals surface area contributed by atoms with Crippen molar-refractivity contribution in [2.24, 2.45) is 10.9 Å². The summed E-state index contributed by atoms with van der Waals surface area (Å²) in [6.45, 7) is 4.84. The second-order valence-electron chi connectivity index (χ2n) is 8.42. The minimum Gasteiger partial charge on any atom is -0.494 e. The number of nitrogens with zero attached hydrogens (tertiary/aromatic N) is 1. The first-order valence-electron chi connectivity index (χ1n) is 11.1. The van der Waals surface area contributed by atoms with Crippen LogP contribution in [-0.2, 0) is 0 Å². The molecule has 0 saturated carbocycles. The molecule has 1 N–H and O–H groups in total. The smallest absolute Gasteiger partial charge is 0.119 e. The molecular formula is C28H28N2O. The van der Waals surface area contributed by atoms with Gasteiger partial charge < -0.3 is 10.1 Å². The Hall–Kier alpha value is -3.33. The highest BCUT2D eigenvalue weighted by atomic mass is 16.5. The monoisotopic (exact) mass is 408 g/mol. The molecule has 0 aromatic heterocycles. The van der Waals surface area contributed by atoms with Gasteiger partial charge in [-0.05, 0) is 85.3 Å². The van der Waals surface area contributed by atoms with Crippen LogP contribution in [0.25, 0.3) is 0 Å². The second-order valence-corrected chi connectivity index (χ2v) is 8.42. The van der Waals surface area contributed by atoms with Gasteiger partial charge in [0, 0.05) is 17.8 Å². The summed E-state index contributed by atoms with van der Waals surface area (Å²) in [5.74, 6) is 1.95. The third-order valence-electron chi connectivity index (χ3n) is 6.32. The average Bonchev–Trinajstić information content (AvgIpc) is 3.29. The van der Waals surface area contributed by atoms with E-state index in [1.165, 1.54) is 22.4 Å². The Morgan fingerprint density at radius 3 is 2.61 bits per heavy atom. The molecule has 0 saturated heterocycles. The van der Waals surface area contributed by atoms with Crippen LogP contribution < -0.4 is 10.1 Å². The summed E-state index contributed by atoms with van der Waals surface area (Å²) in [4.78, 5) is 4.65. The molecule has 3 heteroatoms. The number of hydrogen-bond acceptors (Lipinski definition) is 3. The first kappa shape index (κ1) is 19.6. The molecule has 0 spiro atoms. The summed E-state index contributed by atoms with van der Waals surface area (Å²) in [6.07, 6.45) is 7.76.